The summed E-state index contributed by atoms with van der Waals surface area (Å²) in [4.78, 5) is 24.6. The number of likely N-dealkylation sites (N-methyl/N-ethyl adjacent to an activating group) is 1. The summed E-state index contributed by atoms with van der Waals surface area (Å²) in [6.45, 7) is 1.63. The molecule has 1 amide bonds. The van der Waals surface area contributed by atoms with Gasteiger partial charge in [0.05, 0.1) is 0 Å². The third kappa shape index (κ3) is 5.20. The zero-order valence-corrected chi connectivity index (χ0v) is 14.6. The number of hydrogen-bond acceptors (Lipinski definition) is 6. The molecule has 0 spiro atoms. The molecule has 0 atom stereocenters. The number of nitrogens with zero attached hydrogens (tertiary/aromatic N) is 4. The number of carbonyl (C=O) groups excluding carboxylic acids is 1. The summed E-state index contributed by atoms with van der Waals surface area (Å²) in [5.41, 5.74) is 2.13. The Bertz CT molecular complexity index is 669. The van der Waals surface area contributed by atoms with E-state index >= 15 is 0 Å². The smallest absolute Gasteiger partial charge is 0.274 e. The number of anilines is 3. The molecular weight excluding hydrogens is 304 g/mol. The number of carbonyl (C=O) groups is 1. The van der Waals surface area contributed by atoms with Gasteiger partial charge in [-0.1, -0.05) is 0 Å². The molecule has 0 fully saturated rings. The maximum absolute atomic E-state index is 12.3. The lowest BCUT2D eigenvalue weighted by Crippen LogP contribution is -2.21. The first kappa shape index (κ1) is 17.7. The molecule has 2 N–H and O–H groups in total. The molecule has 0 saturated heterocycles. The Morgan fingerprint density at radius 2 is 1.79 bits per heavy atom. The molecule has 24 heavy (non-hydrogen) atoms. The predicted octanol–water partition coefficient (Wildman–Crippen LogP) is 1.77. The van der Waals surface area contributed by atoms with E-state index in [2.05, 4.69) is 25.5 Å². The number of amides is 1. The molecule has 128 valence electrons. The van der Waals surface area contributed by atoms with Gasteiger partial charge in [0.1, 0.15) is 17.8 Å². The van der Waals surface area contributed by atoms with E-state index in [1.807, 2.05) is 57.4 Å². The van der Waals surface area contributed by atoms with Crippen LogP contribution in [0.3, 0.4) is 0 Å². The highest BCUT2D eigenvalue weighted by Gasteiger charge is 2.09. The van der Waals surface area contributed by atoms with E-state index in [0.717, 1.165) is 24.5 Å². The lowest BCUT2D eigenvalue weighted by Gasteiger charge is -2.13. The Morgan fingerprint density at radius 1 is 1.08 bits per heavy atom. The lowest BCUT2D eigenvalue weighted by molar-refractivity contribution is 0.102. The van der Waals surface area contributed by atoms with Gasteiger partial charge in [-0.05, 0) is 38.4 Å². The number of benzene rings is 1. The molecule has 1 heterocycles. The summed E-state index contributed by atoms with van der Waals surface area (Å²) < 4.78 is 0. The first-order valence-electron chi connectivity index (χ1n) is 7.75. The van der Waals surface area contributed by atoms with E-state index in [4.69, 9.17) is 0 Å². The first-order chi connectivity index (χ1) is 11.5. The second-order valence-corrected chi connectivity index (χ2v) is 5.91. The molecule has 0 unspecified atom stereocenters. The van der Waals surface area contributed by atoms with Crippen LogP contribution in [0.5, 0.6) is 0 Å². The quantitative estimate of drug-likeness (QED) is 0.807. The van der Waals surface area contributed by atoms with Crippen molar-refractivity contribution in [2.75, 3.05) is 56.8 Å². The molecule has 7 heteroatoms. The minimum Gasteiger partial charge on any atom is -0.378 e. The summed E-state index contributed by atoms with van der Waals surface area (Å²) in [6, 6.07) is 9.28. The SMILES string of the molecule is CN(C)CCNc1cc(C(=O)Nc2ccc(N(C)C)cc2)ncn1. The van der Waals surface area contributed by atoms with Gasteiger partial charge in [-0.25, -0.2) is 9.97 Å². The third-order valence-electron chi connectivity index (χ3n) is 3.41. The topological polar surface area (TPSA) is 73.4 Å². The zero-order valence-electron chi connectivity index (χ0n) is 14.6. The van der Waals surface area contributed by atoms with Crippen molar-refractivity contribution >= 4 is 23.1 Å². The van der Waals surface area contributed by atoms with Crippen molar-refractivity contribution in [3.63, 3.8) is 0 Å². The van der Waals surface area contributed by atoms with Gasteiger partial charge >= 0.3 is 0 Å². The molecule has 7 nitrogen and oxygen atoms in total. The van der Waals surface area contributed by atoms with Crippen LogP contribution in [0.15, 0.2) is 36.7 Å². The lowest BCUT2D eigenvalue weighted by atomic mass is 10.2. The van der Waals surface area contributed by atoms with Crippen molar-refractivity contribution in [2.45, 2.75) is 0 Å². The van der Waals surface area contributed by atoms with Gasteiger partial charge in [0.2, 0.25) is 0 Å². The van der Waals surface area contributed by atoms with Gasteiger partial charge in [0.15, 0.2) is 0 Å². The average Bonchev–Trinajstić information content (AvgIpc) is 2.55. The van der Waals surface area contributed by atoms with Crippen molar-refractivity contribution in [3.8, 4) is 0 Å². The molecule has 0 bridgehead atoms. The van der Waals surface area contributed by atoms with Crippen LogP contribution in [0.1, 0.15) is 10.5 Å². The van der Waals surface area contributed by atoms with Crippen LogP contribution in [-0.4, -0.2) is 62.1 Å². The van der Waals surface area contributed by atoms with Crippen molar-refractivity contribution < 1.29 is 4.79 Å². The molecule has 0 aliphatic heterocycles. The minimum absolute atomic E-state index is 0.259. The normalized spacial score (nSPS) is 10.5. The third-order valence-corrected chi connectivity index (χ3v) is 3.41. The predicted molar refractivity (Wildman–Crippen MR) is 97.8 cm³/mol. The fourth-order valence-electron chi connectivity index (χ4n) is 2.02. The van der Waals surface area contributed by atoms with E-state index in [9.17, 15) is 4.79 Å². The van der Waals surface area contributed by atoms with Gasteiger partial charge in [0, 0.05) is 44.6 Å². The fraction of sp³-hybridized carbons (Fsp3) is 0.353. The van der Waals surface area contributed by atoms with Gasteiger partial charge in [-0.15, -0.1) is 0 Å². The molecular formula is C17H24N6O. The monoisotopic (exact) mass is 328 g/mol. The summed E-state index contributed by atoms with van der Waals surface area (Å²) in [6.07, 6.45) is 1.39. The molecule has 0 aliphatic carbocycles. The molecule has 0 saturated carbocycles. The van der Waals surface area contributed by atoms with Crippen molar-refractivity contribution in [3.05, 3.63) is 42.4 Å². The van der Waals surface area contributed by atoms with Crippen LogP contribution in [0, 0.1) is 0 Å². The fourth-order valence-corrected chi connectivity index (χ4v) is 2.02. The van der Waals surface area contributed by atoms with E-state index < -0.39 is 0 Å². The summed E-state index contributed by atoms with van der Waals surface area (Å²) in [5, 5.41) is 6.02. The van der Waals surface area contributed by atoms with Gasteiger partial charge < -0.3 is 20.4 Å². The Morgan fingerprint density at radius 3 is 2.42 bits per heavy atom. The molecule has 1 aromatic carbocycles. The average molecular weight is 328 g/mol. The Hall–Kier alpha value is -2.67. The van der Waals surface area contributed by atoms with E-state index in [1.165, 1.54) is 6.33 Å². The number of hydrogen-bond donors (Lipinski definition) is 2. The molecule has 1 aromatic heterocycles. The first-order valence-corrected chi connectivity index (χ1v) is 7.75. The van der Waals surface area contributed by atoms with Gasteiger partial charge in [0.25, 0.3) is 5.91 Å². The van der Waals surface area contributed by atoms with Crippen LogP contribution in [0.4, 0.5) is 17.2 Å². The van der Waals surface area contributed by atoms with E-state index in [-0.39, 0.29) is 5.91 Å². The van der Waals surface area contributed by atoms with Crippen LogP contribution in [0.25, 0.3) is 0 Å². The van der Waals surface area contributed by atoms with Crippen LogP contribution in [0.2, 0.25) is 0 Å². The maximum Gasteiger partial charge on any atom is 0.274 e. The zero-order chi connectivity index (χ0) is 17.5. The molecule has 0 aliphatic rings. The Balaban J connectivity index is 1.99. The largest absolute Gasteiger partial charge is 0.378 e. The van der Waals surface area contributed by atoms with E-state index in [0.29, 0.717) is 11.5 Å². The molecule has 0 radical (unpaired) electrons. The number of nitrogens with one attached hydrogen (secondary N) is 2. The minimum atomic E-state index is -0.259. The highest BCUT2D eigenvalue weighted by Crippen LogP contribution is 2.16. The Labute approximate surface area is 142 Å². The van der Waals surface area contributed by atoms with E-state index in [1.54, 1.807) is 6.07 Å². The van der Waals surface area contributed by atoms with Crippen LogP contribution < -0.4 is 15.5 Å². The standard InChI is InChI=1S/C17H24N6O/c1-22(2)10-9-18-16-11-15(19-12-20-16)17(24)21-13-5-7-14(8-6-13)23(3)4/h5-8,11-12H,9-10H2,1-4H3,(H,21,24)(H,18,19,20). The maximum atomic E-state index is 12.3. The second-order valence-electron chi connectivity index (χ2n) is 5.91. The highest BCUT2D eigenvalue weighted by atomic mass is 16.1. The Kier molecular flexibility index (Phi) is 6.08. The highest BCUT2D eigenvalue weighted by molar-refractivity contribution is 6.03. The van der Waals surface area contributed by atoms with Crippen LogP contribution >= 0.6 is 0 Å². The second kappa shape index (κ2) is 8.26. The number of aromatic nitrogens is 2. The van der Waals surface area contributed by atoms with Crippen molar-refractivity contribution in [1.82, 2.24) is 14.9 Å². The van der Waals surface area contributed by atoms with Crippen molar-refractivity contribution in [2.24, 2.45) is 0 Å². The molecule has 2 rings (SSSR count). The van der Waals surface area contributed by atoms with Gasteiger partial charge in [-0.2, -0.15) is 0 Å². The summed E-state index contributed by atoms with van der Waals surface area (Å²) in [5.74, 6) is 0.380. The van der Waals surface area contributed by atoms with Crippen molar-refractivity contribution in [1.29, 1.82) is 0 Å². The summed E-state index contributed by atoms with van der Waals surface area (Å²) in [7, 11) is 7.95. The molecule has 2 aromatic rings. The number of rotatable bonds is 7. The van der Waals surface area contributed by atoms with Crippen LogP contribution in [-0.2, 0) is 0 Å². The summed E-state index contributed by atoms with van der Waals surface area (Å²) >= 11 is 0. The van der Waals surface area contributed by atoms with Gasteiger partial charge in [-0.3, -0.25) is 4.79 Å².